The predicted octanol–water partition coefficient (Wildman–Crippen LogP) is 6.05. The summed E-state index contributed by atoms with van der Waals surface area (Å²) in [5.41, 5.74) is 3.49. The average Bonchev–Trinajstić information content (AvgIpc) is 3.27. The van der Waals surface area contributed by atoms with Crippen LogP contribution in [0.1, 0.15) is 40.2 Å². The van der Waals surface area contributed by atoms with Crippen molar-refractivity contribution in [2.45, 2.75) is 59.2 Å². The van der Waals surface area contributed by atoms with Gasteiger partial charge in [-0.25, -0.2) is 14.2 Å². The maximum Gasteiger partial charge on any atom is 0.410 e. The summed E-state index contributed by atoms with van der Waals surface area (Å²) in [6.45, 7) is 12.7. The first-order chi connectivity index (χ1) is 19.4. The van der Waals surface area contributed by atoms with E-state index < -0.39 is 11.4 Å². The van der Waals surface area contributed by atoms with Crippen LogP contribution in [0.15, 0.2) is 36.5 Å². The molecule has 1 amide bonds. The molecule has 0 radical (unpaired) electrons. The highest BCUT2D eigenvalue weighted by atomic mass is 19.1. The normalized spacial score (nSPS) is 17.9. The molecule has 2 aromatic heterocycles. The molecule has 0 bridgehead atoms. The Hall–Kier alpha value is -3.92. The lowest BCUT2D eigenvalue weighted by Crippen LogP contribution is -2.59. The first-order valence-corrected chi connectivity index (χ1v) is 13.8. The molecule has 41 heavy (non-hydrogen) atoms. The van der Waals surface area contributed by atoms with E-state index in [9.17, 15) is 4.79 Å². The van der Waals surface area contributed by atoms with Gasteiger partial charge in [0.2, 0.25) is 0 Å². The molecular weight excluding hydrogens is 525 g/mol. The molecule has 4 aromatic rings. The number of hydrogen-bond donors (Lipinski definition) is 0. The maximum absolute atomic E-state index is 15.7. The van der Waals surface area contributed by atoms with Gasteiger partial charge in [0, 0.05) is 61.0 Å². The third kappa shape index (κ3) is 5.66. The van der Waals surface area contributed by atoms with Crippen LogP contribution in [0.4, 0.5) is 14.9 Å². The van der Waals surface area contributed by atoms with Gasteiger partial charge in [0.15, 0.2) is 12.6 Å². The van der Waals surface area contributed by atoms with Crippen molar-refractivity contribution >= 4 is 33.6 Å². The number of rotatable bonds is 5. The molecule has 0 unspecified atom stereocenters. The number of carbonyl (C=O) groups excluding carboxylic acids is 1. The number of piperazine rings is 1. The Morgan fingerprint density at radius 2 is 1.78 bits per heavy atom. The fourth-order valence-corrected chi connectivity index (χ4v) is 5.65. The van der Waals surface area contributed by atoms with E-state index >= 15 is 4.39 Å². The zero-order valence-electron chi connectivity index (χ0n) is 25.0. The number of aryl methyl sites for hydroxylation is 2. The summed E-state index contributed by atoms with van der Waals surface area (Å²) >= 11 is 0. The first-order valence-electron chi connectivity index (χ1n) is 13.8. The molecule has 1 saturated heterocycles. The molecule has 0 spiro atoms. The minimum atomic E-state index is -0.569. The fourth-order valence-electron chi connectivity index (χ4n) is 5.65. The lowest BCUT2D eigenvalue weighted by molar-refractivity contribution is 0.00565. The molecule has 2 atom stereocenters. The summed E-state index contributed by atoms with van der Waals surface area (Å²) in [4.78, 5) is 21.5. The number of amides is 1. The highest BCUT2D eigenvalue weighted by Crippen LogP contribution is 2.38. The van der Waals surface area contributed by atoms with Gasteiger partial charge in [-0.15, -0.1) is 0 Å². The Kier molecular flexibility index (Phi) is 7.54. The van der Waals surface area contributed by atoms with Gasteiger partial charge in [0.1, 0.15) is 16.9 Å². The van der Waals surface area contributed by atoms with Gasteiger partial charge in [-0.3, -0.25) is 9.58 Å². The summed E-state index contributed by atoms with van der Waals surface area (Å²) in [6.07, 6.45) is 1.61. The molecule has 1 fully saturated rings. The average molecular weight is 564 g/mol. The predicted molar refractivity (Wildman–Crippen MR) is 158 cm³/mol. The molecule has 3 heterocycles. The van der Waals surface area contributed by atoms with E-state index in [-0.39, 0.29) is 30.5 Å². The summed E-state index contributed by atoms with van der Waals surface area (Å²) in [7, 11) is 3.43. The number of methoxy groups -OCH3 is 1. The number of aromatic nitrogens is 3. The van der Waals surface area contributed by atoms with Crippen LogP contribution in [0.25, 0.3) is 33.1 Å². The van der Waals surface area contributed by atoms with Crippen LogP contribution in [-0.2, 0) is 16.5 Å². The lowest BCUT2D eigenvalue weighted by atomic mass is 10.0. The van der Waals surface area contributed by atoms with Gasteiger partial charge >= 0.3 is 6.09 Å². The second-order valence-electron chi connectivity index (χ2n) is 11.9. The largest absolute Gasteiger partial charge is 0.466 e. The molecular formula is C31H38FN5O4. The lowest BCUT2D eigenvalue weighted by Gasteiger charge is -2.45. The summed E-state index contributed by atoms with van der Waals surface area (Å²) in [5, 5.41) is 6.19. The molecule has 9 nitrogen and oxygen atoms in total. The SMILES string of the molecule is COCOc1c(-c2ccc3cc(N4C[C@H](C)N(C(=O)OC(C)(C)C)[C@@H](C)C4)cc(F)c3n2)cc2cn(C)nc2c1C. The van der Waals surface area contributed by atoms with E-state index in [4.69, 9.17) is 19.2 Å². The molecule has 10 heteroatoms. The van der Waals surface area contributed by atoms with Crippen LogP contribution in [0.2, 0.25) is 0 Å². The molecule has 0 aliphatic carbocycles. The third-order valence-corrected chi connectivity index (χ3v) is 7.31. The third-order valence-electron chi connectivity index (χ3n) is 7.31. The summed E-state index contributed by atoms with van der Waals surface area (Å²) in [6, 6.07) is 9.00. The van der Waals surface area contributed by atoms with Crippen LogP contribution in [0, 0.1) is 12.7 Å². The van der Waals surface area contributed by atoms with E-state index in [1.807, 2.05) is 79.1 Å². The van der Waals surface area contributed by atoms with Crippen LogP contribution >= 0.6 is 0 Å². The number of fused-ring (bicyclic) bond motifs is 2. The van der Waals surface area contributed by atoms with Crippen molar-refractivity contribution in [3.05, 3.63) is 47.9 Å². The number of hydrogen-bond acceptors (Lipinski definition) is 7. The van der Waals surface area contributed by atoms with Crippen molar-refractivity contribution in [2.24, 2.45) is 7.05 Å². The van der Waals surface area contributed by atoms with Crippen LogP contribution in [0.3, 0.4) is 0 Å². The second kappa shape index (κ2) is 10.8. The molecule has 0 saturated carbocycles. The molecule has 0 N–H and O–H groups in total. The van der Waals surface area contributed by atoms with E-state index in [0.29, 0.717) is 29.9 Å². The van der Waals surface area contributed by atoms with Gasteiger partial charge in [-0.1, -0.05) is 6.07 Å². The fraction of sp³-hybridized carbons (Fsp3) is 0.452. The van der Waals surface area contributed by atoms with Crippen LogP contribution in [-0.4, -0.2) is 70.4 Å². The van der Waals surface area contributed by atoms with Crippen molar-refractivity contribution in [3.8, 4) is 17.0 Å². The van der Waals surface area contributed by atoms with Crippen LogP contribution in [0.5, 0.6) is 5.75 Å². The molecule has 1 aliphatic heterocycles. The number of ether oxygens (including phenoxy) is 3. The number of pyridine rings is 1. The Bertz CT molecular complexity index is 1600. The Morgan fingerprint density at radius 3 is 2.44 bits per heavy atom. The minimum Gasteiger partial charge on any atom is -0.466 e. The summed E-state index contributed by atoms with van der Waals surface area (Å²) < 4.78 is 34.2. The van der Waals surface area contributed by atoms with Gasteiger partial charge in [0.05, 0.1) is 23.3 Å². The number of halogens is 1. The van der Waals surface area contributed by atoms with E-state index in [2.05, 4.69) is 10.00 Å². The van der Waals surface area contributed by atoms with Crippen molar-refractivity contribution < 1.29 is 23.4 Å². The molecule has 5 rings (SSSR count). The van der Waals surface area contributed by atoms with Crippen molar-refractivity contribution in [1.82, 2.24) is 19.7 Å². The monoisotopic (exact) mass is 563 g/mol. The van der Waals surface area contributed by atoms with Crippen molar-refractivity contribution in [2.75, 3.05) is 31.9 Å². The zero-order chi connectivity index (χ0) is 29.6. The number of carbonyl (C=O) groups is 1. The van der Waals surface area contributed by atoms with Crippen molar-refractivity contribution in [1.29, 1.82) is 0 Å². The van der Waals surface area contributed by atoms with Crippen LogP contribution < -0.4 is 9.64 Å². The number of benzene rings is 2. The Labute approximate surface area is 239 Å². The van der Waals surface area contributed by atoms with Gasteiger partial charge < -0.3 is 19.1 Å². The molecule has 218 valence electrons. The molecule has 1 aliphatic rings. The smallest absolute Gasteiger partial charge is 0.410 e. The maximum atomic E-state index is 15.7. The highest BCUT2D eigenvalue weighted by molar-refractivity contribution is 5.92. The molecule has 2 aromatic carbocycles. The van der Waals surface area contributed by atoms with E-state index in [0.717, 1.165) is 27.7 Å². The first kappa shape index (κ1) is 28.6. The number of nitrogens with zero attached hydrogens (tertiary/aromatic N) is 5. The Morgan fingerprint density at radius 1 is 1.07 bits per heavy atom. The Balaban J connectivity index is 1.47. The highest BCUT2D eigenvalue weighted by Gasteiger charge is 2.36. The second-order valence-corrected chi connectivity index (χ2v) is 11.9. The standard InChI is InChI=1S/C31H38FN5O4/c1-18-14-36(15-19(2)37(18)30(38)41-31(4,5)6)23-11-21-9-10-26(33-28(21)25(32)13-23)24-12-22-16-35(7)34-27(22)20(3)29(24)40-17-39-8/h9-13,16,18-19H,14-15,17H2,1-8H3/t18-,19-/m0/s1. The zero-order valence-corrected chi connectivity index (χ0v) is 25.0. The minimum absolute atomic E-state index is 0.0650. The van der Waals surface area contributed by atoms with E-state index in [1.54, 1.807) is 16.7 Å². The quantitative estimate of drug-likeness (QED) is 0.273. The van der Waals surface area contributed by atoms with Gasteiger partial charge in [-0.2, -0.15) is 5.10 Å². The summed E-state index contributed by atoms with van der Waals surface area (Å²) in [5.74, 6) is 0.195. The van der Waals surface area contributed by atoms with Crippen molar-refractivity contribution in [3.63, 3.8) is 0 Å². The van der Waals surface area contributed by atoms with E-state index in [1.165, 1.54) is 6.07 Å². The van der Waals surface area contributed by atoms with Gasteiger partial charge in [0.25, 0.3) is 0 Å². The topological polar surface area (TPSA) is 82.0 Å². The number of anilines is 1. The van der Waals surface area contributed by atoms with Gasteiger partial charge in [-0.05, 0) is 65.8 Å².